The number of rotatable bonds is 7. The maximum absolute atomic E-state index is 12.8. The topological polar surface area (TPSA) is 74.5 Å². The van der Waals surface area contributed by atoms with E-state index in [2.05, 4.69) is 10.3 Å². The van der Waals surface area contributed by atoms with Crippen LogP contribution in [0.4, 0.5) is 0 Å². The monoisotopic (exact) mass is 452 g/mol. The smallest absolute Gasteiger partial charge is 0.319 e. The summed E-state index contributed by atoms with van der Waals surface area (Å²) in [4.78, 5) is 23.4. The first kappa shape index (κ1) is 23.3. The fourth-order valence-corrected chi connectivity index (χ4v) is 3.46. The summed E-state index contributed by atoms with van der Waals surface area (Å²) in [6.07, 6.45) is -0.490. The lowest BCUT2D eigenvalue weighted by Gasteiger charge is -2.15. The van der Waals surface area contributed by atoms with Crippen molar-refractivity contribution < 1.29 is 19.0 Å². The SMILES string of the molecule is CC(c1nc(C)cc(O)c1C(=O)NC(C)C)=[N+](Cl)OC(c1ccccc1)c1ccccc1. The molecule has 0 aliphatic heterocycles. The number of pyridine rings is 1. The molecule has 0 unspecified atom stereocenters. The number of nitrogens with zero attached hydrogens (tertiary/aromatic N) is 2. The van der Waals surface area contributed by atoms with Gasteiger partial charge in [0.25, 0.3) is 11.6 Å². The largest absolute Gasteiger partial charge is 0.507 e. The molecule has 7 heteroatoms. The van der Waals surface area contributed by atoms with Crippen LogP contribution < -0.4 is 5.32 Å². The molecule has 0 fully saturated rings. The van der Waals surface area contributed by atoms with Crippen LogP contribution in [0.3, 0.4) is 0 Å². The first-order valence-electron chi connectivity index (χ1n) is 10.4. The summed E-state index contributed by atoms with van der Waals surface area (Å²) in [5, 5.41) is 13.3. The number of amides is 1. The Balaban J connectivity index is 2.06. The number of aromatic nitrogens is 1. The third-order valence-corrected chi connectivity index (χ3v) is 5.12. The molecule has 6 nitrogen and oxygen atoms in total. The number of hydrogen-bond donors (Lipinski definition) is 2. The summed E-state index contributed by atoms with van der Waals surface area (Å²) in [5.74, 6) is -0.607. The van der Waals surface area contributed by atoms with Crippen LogP contribution in [0, 0.1) is 6.92 Å². The molecule has 3 rings (SSSR count). The van der Waals surface area contributed by atoms with Gasteiger partial charge in [-0.05, 0) is 20.8 Å². The van der Waals surface area contributed by atoms with Crippen molar-refractivity contribution >= 4 is 23.4 Å². The van der Waals surface area contributed by atoms with Crippen molar-refractivity contribution in [3.63, 3.8) is 0 Å². The average molecular weight is 453 g/mol. The van der Waals surface area contributed by atoms with E-state index in [-0.39, 0.29) is 23.0 Å². The van der Waals surface area contributed by atoms with Gasteiger partial charge in [-0.3, -0.25) is 4.79 Å². The number of benzene rings is 2. The van der Waals surface area contributed by atoms with Crippen molar-refractivity contribution in [2.45, 2.75) is 39.8 Å². The van der Waals surface area contributed by atoms with Gasteiger partial charge in [0.15, 0.2) is 5.69 Å². The number of aromatic hydroxyl groups is 1. The standard InChI is InChI=1S/C25H26ClN3O3/c1-16(2)27-25(31)22-21(30)15-17(3)28-23(22)18(4)29(26)32-24(19-11-7-5-8-12-19)20-13-9-6-10-14-20/h5-16,24H,1-4H3,(H-,27,28,30,31)/p+1. The van der Waals surface area contributed by atoms with E-state index in [0.717, 1.165) is 15.4 Å². The number of halogens is 1. The molecular formula is C25H27ClN3O3+. The quantitative estimate of drug-likeness (QED) is 0.303. The second kappa shape index (κ2) is 10.3. The van der Waals surface area contributed by atoms with Gasteiger partial charge >= 0.3 is 11.8 Å². The minimum atomic E-state index is -0.490. The molecule has 1 aromatic heterocycles. The van der Waals surface area contributed by atoms with E-state index >= 15 is 0 Å². The van der Waals surface area contributed by atoms with E-state index in [1.807, 2.05) is 74.5 Å². The van der Waals surface area contributed by atoms with Gasteiger partial charge < -0.3 is 10.4 Å². The average Bonchev–Trinajstić information content (AvgIpc) is 2.76. The molecule has 3 aromatic rings. The Kier molecular flexibility index (Phi) is 7.49. The van der Waals surface area contributed by atoms with E-state index in [1.165, 1.54) is 6.07 Å². The molecule has 1 heterocycles. The second-order valence-corrected chi connectivity index (χ2v) is 8.08. The highest BCUT2D eigenvalue weighted by atomic mass is 35.5. The van der Waals surface area contributed by atoms with E-state index in [1.54, 1.807) is 13.8 Å². The molecule has 0 aliphatic rings. The van der Waals surface area contributed by atoms with Gasteiger partial charge in [-0.1, -0.05) is 60.7 Å². The Morgan fingerprint density at radius 3 is 2.09 bits per heavy atom. The zero-order valence-corrected chi connectivity index (χ0v) is 19.3. The number of hydrogen-bond acceptors (Lipinski definition) is 4. The third kappa shape index (κ3) is 5.45. The second-order valence-electron chi connectivity index (χ2n) is 7.77. The van der Waals surface area contributed by atoms with Crippen LogP contribution in [0.5, 0.6) is 5.75 Å². The number of carbonyl (C=O) groups excluding carboxylic acids is 1. The first-order valence-corrected chi connectivity index (χ1v) is 10.7. The molecule has 2 N–H and O–H groups in total. The van der Waals surface area contributed by atoms with Gasteiger partial charge in [-0.25, -0.2) is 9.82 Å². The summed E-state index contributed by atoms with van der Waals surface area (Å²) in [7, 11) is 0. The fraction of sp³-hybridized carbons (Fsp3) is 0.240. The van der Waals surface area contributed by atoms with E-state index in [9.17, 15) is 9.90 Å². The molecule has 166 valence electrons. The number of carbonyl (C=O) groups is 1. The van der Waals surface area contributed by atoms with Crippen LogP contribution in [-0.4, -0.2) is 32.0 Å². The molecule has 0 saturated carbocycles. The maximum Gasteiger partial charge on any atom is 0.319 e. The van der Waals surface area contributed by atoms with Gasteiger partial charge in [-0.2, -0.15) is 0 Å². The first-order chi connectivity index (χ1) is 15.3. The lowest BCUT2D eigenvalue weighted by molar-refractivity contribution is -0.695. The van der Waals surface area contributed by atoms with Crippen LogP contribution in [0.2, 0.25) is 0 Å². The lowest BCUT2D eigenvalue weighted by atomic mass is 10.0. The van der Waals surface area contributed by atoms with E-state index in [0.29, 0.717) is 11.4 Å². The predicted molar refractivity (Wildman–Crippen MR) is 125 cm³/mol. The Labute approximate surface area is 193 Å². The minimum absolute atomic E-state index is 0.0482. The number of aryl methyl sites for hydroxylation is 1. The lowest BCUT2D eigenvalue weighted by Crippen LogP contribution is -2.32. The molecule has 32 heavy (non-hydrogen) atoms. The van der Waals surface area contributed by atoms with E-state index in [4.69, 9.17) is 16.6 Å². The van der Waals surface area contributed by atoms with Gasteiger partial charge in [0.05, 0.1) is 4.26 Å². The van der Waals surface area contributed by atoms with Gasteiger partial charge in [0.2, 0.25) is 6.10 Å². The van der Waals surface area contributed by atoms with Crippen LogP contribution in [0.1, 0.15) is 59.7 Å². The molecule has 1 amide bonds. The zero-order valence-electron chi connectivity index (χ0n) is 18.5. The van der Waals surface area contributed by atoms with Crippen molar-refractivity contribution in [3.05, 3.63) is 94.8 Å². The van der Waals surface area contributed by atoms with Crippen LogP contribution in [0.25, 0.3) is 0 Å². The highest BCUT2D eigenvalue weighted by Crippen LogP contribution is 2.28. The van der Waals surface area contributed by atoms with Crippen LogP contribution >= 0.6 is 11.8 Å². The normalized spacial score (nSPS) is 12.0. The summed E-state index contributed by atoms with van der Waals surface area (Å²) in [6.45, 7) is 7.10. The van der Waals surface area contributed by atoms with Crippen molar-refractivity contribution in [2.24, 2.45) is 0 Å². The molecule has 0 saturated heterocycles. The van der Waals surface area contributed by atoms with Gasteiger partial charge in [-0.15, -0.1) is 0 Å². The van der Waals surface area contributed by atoms with Crippen LogP contribution in [-0.2, 0) is 4.84 Å². The Morgan fingerprint density at radius 1 is 1.06 bits per heavy atom. The zero-order chi connectivity index (χ0) is 23.3. The third-order valence-electron chi connectivity index (χ3n) is 4.78. The molecular weight excluding hydrogens is 426 g/mol. The Hall–Kier alpha value is -3.38. The molecule has 0 atom stereocenters. The summed E-state index contributed by atoms with van der Waals surface area (Å²) < 4.78 is 1.08. The molecule has 0 aliphatic carbocycles. The minimum Gasteiger partial charge on any atom is -0.507 e. The highest BCUT2D eigenvalue weighted by Gasteiger charge is 2.29. The Morgan fingerprint density at radius 2 is 1.59 bits per heavy atom. The van der Waals surface area contributed by atoms with Crippen LogP contribution in [0.15, 0.2) is 66.7 Å². The predicted octanol–water partition coefficient (Wildman–Crippen LogP) is 4.93. The molecule has 0 radical (unpaired) electrons. The summed E-state index contributed by atoms with van der Waals surface area (Å²) >= 11 is 6.57. The van der Waals surface area contributed by atoms with Crippen molar-refractivity contribution in [2.75, 3.05) is 0 Å². The number of nitrogens with one attached hydrogen (secondary N) is 1. The van der Waals surface area contributed by atoms with Gasteiger partial charge in [0.1, 0.15) is 11.3 Å². The van der Waals surface area contributed by atoms with Crippen molar-refractivity contribution in [1.29, 1.82) is 0 Å². The molecule has 2 aromatic carbocycles. The van der Waals surface area contributed by atoms with Gasteiger partial charge in [0, 0.05) is 35.9 Å². The highest BCUT2D eigenvalue weighted by molar-refractivity contribution is 6.13. The fourth-order valence-electron chi connectivity index (χ4n) is 3.30. The van der Waals surface area contributed by atoms with Crippen molar-refractivity contribution in [3.8, 4) is 5.75 Å². The summed E-state index contributed by atoms with van der Waals surface area (Å²) in [6, 6.07) is 20.7. The molecule has 0 bridgehead atoms. The molecule has 0 spiro atoms. The summed E-state index contributed by atoms with van der Waals surface area (Å²) in [5.41, 5.74) is 3.04. The maximum atomic E-state index is 12.8. The Bertz CT molecular complexity index is 1080. The van der Waals surface area contributed by atoms with E-state index < -0.39 is 12.0 Å². The van der Waals surface area contributed by atoms with Crippen molar-refractivity contribution in [1.82, 2.24) is 10.3 Å².